The van der Waals surface area contributed by atoms with Gasteiger partial charge < -0.3 is 10.2 Å². The number of rotatable bonds is 2. The highest BCUT2D eigenvalue weighted by Gasteiger charge is 2.25. The molecular weight excluding hydrogens is 224 g/mol. The van der Waals surface area contributed by atoms with Crippen molar-refractivity contribution in [2.45, 2.75) is 19.3 Å². The summed E-state index contributed by atoms with van der Waals surface area (Å²) in [6, 6.07) is 0. The molecular formula is C11H22N2O2S. The van der Waals surface area contributed by atoms with E-state index in [9.17, 15) is 8.42 Å². The van der Waals surface area contributed by atoms with Crippen molar-refractivity contribution in [3.63, 3.8) is 0 Å². The van der Waals surface area contributed by atoms with E-state index in [1.54, 1.807) is 0 Å². The molecule has 4 nitrogen and oxygen atoms in total. The molecule has 0 aromatic heterocycles. The van der Waals surface area contributed by atoms with Gasteiger partial charge in [0.15, 0.2) is 0 Å². The van der Waals surface area contributed by atoms with Crippen LogP contribution in [0.1, 0.15) is 19.3 Å². The zero-order chi connectivity index (χ0) is 11.4. The first-order valence-corrected chi connectivity index (χ1v) is 8.11. The third-order valence-electron chi connectivity index (χ3n) is 3.62. The largest absolute Gasteiger partial charge is 0.315 e. The fourth-order valence-electron chi connectivity index (χ4n) is 2.57. The van der Waals surface area contributed by atoms with E-state index in [0.29, 0.717) is 17.4 Å². The van der Waals surface area contributed by atoms with Crippen LogP contribution in [0.3, 0.4) is 0 Å². The molecule has 94 valence electrons. The highest BCUT2D eigenvalue weighted by atomic mass is 32.2. The maximum Gasteiger partial charge on any atom is 0.150 e. The van der Waals surface area contributed by atoms with Crippen LogP contribution in [0.5, 0.6) is 0 Å². The van der Waals surface area contributed by atoms with Gasteiger partial charge >= 0.3 is 0 Å². The summed E-state index contributed by atoms with van der Waals surface area (Å²) >= 11 is 0. The molecule has 0 unspecified atom stereocenters. The van der Waals surface area contributed by atoms with Gasteiger partial charge in [0.25, 0.3) is 0 Å². The molecule has 2 rings (SSSR count). The van der Waals surface area contributed by atoms with Crippen molar-refractivity contribution in [2.24, 2.45) is 5.92 Å². The van der Waals surface area contributed by atoms with E-state index in [0.717, 1.165) is 45.6 Å². The summed E-state index contributed by atoms with van der Waals surface area (Å²) in [6.45, 7) is 5.57. The molecule has 0 aliphatic carbocycles. The van der Waals surface area contributed by atoms with Crippen LogP contribution in [0.25, 0.3) is 0 Å². The van der Waals surface area contributed by atoms with Crippen LogP contribution < -0.4 is 5.32 Å². The molecule has 2 heterocycles. The number of hydrogen-bond donors (Lipinski definition) is 1. The number of hydrogen-bond acceptors (Lipinski definition) is 4. The second kappa shape index (κ2) is 5.47. The quantitative estimate of drug-likeness (QED) is 0.751. The summed E-state index contributed by atoms with van der Waals surface area (Å²) < 4.78 is 22.6. The average molecular weight is 246 g/mol. The van der Waals surface area contributed by atoms with E-state index in [4.69, 9.17) is 0 Å². The van der Waals surface area contributed by atoms with Crippen molar-refractivity contribution in [3.05, 3.63) is 0 Å². The zero-order valence-electron chi connectivity index (χ0n) is 9.82. The normalized spacial score (nSPS) is 28.8. The van der Waals surface area contributed by atoms with E-state index in [1.165, 1.54) is 6.42 Å². The van der Waals surface area contributed by atoms with Crippen LogP contribution in [-0.4, -0.2) is 57.5 Å². The van der Waals surface area contributed by atoms with Gasteiger partial charge in [-0.1, -0.05) is 0 Å². The van der Waals surface area contributed by atoms with Gasteiger partial charge in [-0.2, -0.15) is 0 Å². The van der Waals surface area contributed by atoms with E-state index in [-0.39, 0.29) is 0 Å². The Hall–Kier alpha value is -0.130. The Kier molecular flexibility index (Phi) is 4.21. The maximum absolute atomic E-state index is 11.3. The lowest BCUT2D eigenvalue weighted by molar-refractivity contribution is 0.235. The van der Waals surface area contributed by atoms with Gasteiger partial charge in [0.2, 0.25) is 0 Å². The third-order valence-corrected chi connectivity index (χ3v) is 5.34. The monoisotopic (exact) mass is 246 g/mol. The summed E-state index contributed by atoms with van der Waals surface area (Å²) in [7, 11) is -2.69. The van der Waals surface area contributed by atoms with Gasteiger partial charge in [-0.15, -0.1) is 0 Å². The Labute approximate surface area is 98.3 Å². The minimum absolute atomic E-state index is 0.407. The molecule has 0 amide bonds. The second-order valence-electron chi connectivity index (χ2n) is 5.00. The first-order valence-electron chi connectivity index (χ1n) is 6.29. The second-order valence-corrected chi connectivity index (χ2v) is 7.30. The van der Waals surface area contributed by atoms with Crippen molar-refractivity contribution in [3.8, 4) is 0 Å². The SMILES string of the molecule is O=S1(=O)CCC(CN2CCCNCC2)CC1. The van der Waals surface area contributed by atoms with Crippen LogP contribution in [0.4, 0.5) is 0 Å². The molecule has 0 spiro atoms. The van der Waals surface area contributed by atoms with Crippen molar-refractivity contribution in [1.82, 2.24) is 10.2 Å². The third kappa shape index (κ3) is 3.71. The minimum atomic E-state index is -2.69. The topological polar surface area (TPSA) is 49.4 Å². The Morgan fingerprint density at radius 1 is 1.12 bits per heavy atom. The van der Waals surface area contributed by atoms with Gasteiger partial charge in [0, 0.05) is 19.6 Å². The van der Waals surface area contributed by atoms with Gasteiger partial charge in [-0.05, 0) is 38.3 Å². The molecule has 0 radical (unpaired) electrons. The lowest BCUT2D eigenvalue weighted by atomic mass is 10.0. The average Bonchev–Trinajstić information content (AvgIpc) is 2.50. The molecule has 2 aliphatic rings. The van der Waals surface area contributed by atoms with E-state index < -0.39 is 9.84 Å². The van der Waals surface area contributed by atoms with Crippen LogP contribution in [0, 0.1) is 5.92 Å². The number of sulfone groups is 1. The summed E-state index contributed by atoms with van der Waals surface area (Å²) in [4.78, 5) is 2.49. The number of nitrogens with one attached hydrogen (secondary N) is 1. The smallest absolute Gasteiger partial charge is 0.150 e. The van der Waals surface area contributed by atoms with Gasteiger partial charge in [0.05, 0.1) is 11.5 Å². The van der Waals surface area contributed by atoms with Gasteiger partial charge in [-0.25, -0.2) is 8.42 Å². The molecule has 2 fully saturated rings. The van der Waals surface area contributed by atoms with Crippen LogP contribution in [-0.2, 0) is 9.84 Å². The predicted octanol–water partition coefficient (Wildman–Crippen LogP) is 0.107. The lowest BCUT2D eigenvalue weighted by Gasteiger charge is -2.28. The molecule has 0 saturated carbocycles. The van der Waals surface area contributed by atoms with Crippen molar-refractivity contribution in [1.29, 1.82) is 0 Å². The molecule has 2 aliphatic heterocycles. The Morgan fingerprint density at radius 2 is 1.88 bits per heavy atom. The molecule has 0 atom stereocenters. The maximum atomic E-state index is 11.3. The lowest BCUT2D eigenvalue weighted by Crippen LogP contribution is -2.36. The molecule has 5 heteroatoms. The highest BCUT2D eigenvalue weighted by molar-refractivity contribution is 7.91. The summed E-state index contributed by atoms with van der Waals surface area (Å²) in [6.07, 6.45) is 2.95. The fourth-order valence-corrected chi connectivity index (χ4v) is 4.16. The van der Waals surface area contributed by atoms with E-state index in [1.807, 2.05) is 0 Å². The molecule has 0 aromatic rings. The molecule has 0 bridgehead atoms. The molecule has 0 aromatic carbocycles. The van der Waals surface area contributed by atoms with Gasteiger partial charge in [0.1, 0.15) is 9.84 Å². The predicted molar refractivity (Wildman–Crippen MR) is 65.3 cm³/mol. The highest BCUT2D eigenvalue weighted by Crippen LogP contribution is 2.20. The summed E-state index contributed by atoms with van der Waals surface area (Å²) in [5, 5.41) is 3.39. The standard InChI is InChI=1S/C11H22N2O2S/c14-16(15)8-2-11(3-9-16)10-13-6-1-4-12-5-7-13/h11-12H,1-10H2. The summed E-state index contributed by atoms with van der Waals surface area (Å²) in [5.74, 6) is 1.41. The van der Waals surface area contributed by atoms with E-state index >= 15 is 0 Å². The first kappa shape index (κ1) is 12.3. The van der Waals surface area contributed by atoms with Crippen molar-refractivity contribution in [2.75, 3.05) is 44.2 Å². The Bertz CT molecular complexity index is 294. The van der Waals surface area contributed by atoms with Gasteiger partial charge in [-0.3, -0.25) is 0 Å². The molecule has 2 saturated heterocycles. The van der Waals surface area contributed by atoms with Crippen molar-refractivity contribution >= 4 is 9.84 Å². The van der Waals surface area contributed by atoms with E-state index in [2.05, 4.69) is 10.2 Å². The van der Waals surface area contributed by atoms with Crippen molar-refractivity contribution < 1.29 is 8.42 Å². The molecule has 16 heavy (non-hydrogen) atoms. The first-order chi connectivity index (χ1) is 7.66. The molecule has 1 N–H and O–H groups in total. The number of nitrogens with zero attached hydrogens (tertiary/aromatic N) is 1. The van der Waals surface area contributed by atoms with Crippen LogP contribution >= 0.6 is 0 Å². The Morgan fingerprint density at radius 3 is 2.62 bits per heavy atom. The fraction of sp³-hybridized carbons (Fsp3) is 1.00. The summed E-state index contributed by atoms with van der Waals surface area (Å²) in [5.41, 5.74) is 0. The van der Waals surface area contributed by atoms with Crippen LogP contribution in [0.15, 0.2) is 0 Å². The minimum Gasteiger partial charge on any atom is -0.315 e. The van der Waals surface area contributed by atoms with Crippen LogP contribution in [0.2, 0.25) is 0 Å². The Balaban J connectivity index is 1.77. The zero-order valence-corrected chi connectivity index (χ0v) is 10.6.